The SMILES string of the molecule is COc1ccc(NC(=O)CNC(=O)CN(CC2CC2)C(=O)c2ccc3c(c2)OCO3)cc1. The van der Waals surface area contributed by atoms with Crippen LogP contribution in [0.25, 0.3) is 0 Å². The van der Waals surface area contributed by atoms with Crippen molar-refractivity contribution in [2.45, 2.75) is 12.8 Å². The summed E-state index contributed by atoms with van der Waals surface area (Å²) in [7, 11) is 1.56. The van der Waals surface area contributed by atoms with Gasteiger partial charge in [-0.15, -0.1) is 0 Å². The first-order valence-corrected chi connectivity index (χ1v) is 10.4. The molecule has 2 N–H and O–H groups in total. The number of ether oxygens (including phenoxy) is 3. The summed E-state index contributed by atoms with van der Waals surface area (Å²) in [5, 5.41) is 5.28. The first-order chi connectivity index (χ1) is 15.5. The van der Waals surface area contributed by atoms with E-state index < -0.39 is 5.91 Å². The summed E-state index contributed by atoms with van der Waals surface area (Å²) < 4.78 is 15.7. The number of benzene rings is 2. The predicted molar refractivity (Wildman–Crippen MR) is 116 cm³/mol. The van der Waals surface area contributed by atoms with Crippen molar-refractivity contribution in [2.24, 2.45) is 5.92 Å². The maximum atomic E-state index is 13.0. The number of nitrogens with one attached hydrogen (secondary N) is 2. The second-order valence-corrected chi connectivity index (χ2v) is 7.75. The first-order valence-electron chi connectivity index (χ1n) is 10.4. The van der Waals surface area contributed by atoms with Gasteiger partial charge in [-0.05, 0) is 61.2 Å². The van der Waals surface area contributed by atoms with Crippen LogP contribution in [-0.4, -0.2) is 56.2 Å². The minimum atomic E-state index is -0.398. The van der Waals surface area contributed by atoms with E-state index in [9.17, 15) is 14.4 Å². The summed E-state index contributed by atoms with van der Waals surface area (Å²) in [4.78, 5) is 39.2. The van der Waals surface area contributed by atoms with E-state index in [1.807, 2.05) is 0 Å². The van der Waals surface area contributed by atoms with Crippen LogP contribution >= 0.6 is 0 Å². The van der Waals surface area contributed by atoms with Crippen molar-refractivity contribution in [1.82, 2.24) is 10.2 Å². The number of carbonyl (C=O) groups is 3. The molecule has 0 spiro atoms. The molecule has 0 saturated heterocycles. The summed E-state index contributed by atoms with van der Waals surface area (Å²) in [6.45, 7) is 0.304. The topological polar surface area (TPSA) is 106 Å². The van der Waals surface area contributed by atoms with Gasteiger partial charge in [-0.1, -0.05) is 0 Å². The molecule has 0 bridgehead atoms. The molecule has 0 unspecified atom stereocenters. The largest absolute Gasteiger partial charge is 0.497 e. The fraction of sp³-hybridized carbons (Fsp3) is 0.348. The van der Waals surface area contributed by atoms with E-state index in [1.54, 1.807) is 49.6 Å². The van der Waals surface area contributed by atoms with Crippen molar-refractivity contribution in [1.29, 1.82) is 0 Å². The molecule has 2 aliphatic rings. The lowest BCUT2D eigenvalue weighted by molar-refractivity contribution is -0.124. The van der Waals surface area contributed by atoms with Gasteiger partial charge in [0.05, 0.1) is 20.2 Å². The molecule has 1 aliphatic heterocycles. The molecule has 3 amide bonds. The van der Waals surface area contributed by atoms with E-state index in [0.29, 0.717) is 41.0 Å². The Bertz CT molecular complexity index is 1000. The number of rotatable bonds is 9. The van der Waals surface area contributed by atoms with Gasteiger partial charge >= 0.3 is 0 Å². The van der Waals surface area contributed by atoms with Gasteiger partial charge in [0.2, 0.25) is 18.6 Å². The van der Waals surface area contributed by atoms with Gasteiger partial charge in [-0.2, -0.15) is 0 Å². The molecule has 0 radical (unpaired) electrons. The van der Waals surface area contributed by atoms with E-state index in [2.05, 4.69) is 10.6 Å². The number of hydrogen-bond acceptors (Lipinski definition) is 6. The molecule has 2 aromatic carbocycles. The smallest absolute Gasteiger partial charge is 0.254 e. The van der Waals surface area contributed by atoms with Gasteiger partial charge in [-0.25, -0.2) is 0 Å². The maximum absolute atomic E-state index is 13.0. The lowest BCUT2D eigenvalue weighted by atomic mass is 10.1. The van der Waals surface area contributed by atoms with E-state index in [-0.39, 0.29) is 31.7 Å². The number of methoxy groups -OCH3 is 1. The Labute approximate surface area is 185 Å². The van der Waals surface area contributed by atoms with Crippen LogP contribution in [0.4, 0.5) is 5.69 Å². The van der Waals surface area contributed by atoms with Crippen molar-refractivity contribution >= 4 is 23.4 Å². The van der Waals surface area contributed by atoms with Crippen LogP contribution < -0.4 is 24.8 Å². The molecule has 4 rings (SSSR count). The molecular formula is C23H25N3O6. The fourth-order valence-electron chi connectivity index (χ4n) is 3.33. The number of anilines is 1. The Kier molecular flexibility index (Phi) is 6.44. The third kappa shape index (κ3) is 5.48. The zero-order valence-electron chi connectivity index (χ0n) is 17.8. The molecule has 1 fully saturated rings. The highest BCUT2D eigenvalue weighted by Gasteiger charge is 2.29. The van der Waals surface area contributed by atoms with Gasteiger partial charge in [0.15, 0.2) is 11.5 Å². The second-order valence-electron chi connectivity index (χ2n) is 7.75. The summed E-state index contributed by atoms with van der Waals surface area (Å²) in [5.41, 5.74) is 1.03. The summed E-state index contributed by atoms with van der Waals surface area (Å²) in [6, 6.07) is 11.9. The van der Waals surface area contributed by atoms with Crippen LogP contribution in [0.1, 0.15) is 23.2 Å². The van der Waals surface area contributed by atoms with E-state index >= 15 is 0 Å². The van der Waals surface area contributed by atoms with E-state index in [0.717, 1.165) is 12.8 Å². The van der Waals surface area contributed by atoms with Gasteiger partial charge in [-0.3, -0.25) is 14.4 Å². The minimum absolute atomic E-state index is 0.125. The molecule has 32 heavy (non-hydrogen) atoms. The number of nitrogens with zero attached hydrogens (tertiary/aromatic N) is 1. The molecule has 0 aromatic heterocycles. The standard InChI is InChI=1S/C23H25N3O6/c1-30-18-7-5-17(6-8-18)25-21(27)11-24-22(28)13-26(12-15-2-3-15)23(29)16-4-9-19-20(10-16)32-14-31-19/h4-10,15H,2-3,11-14H2,1H3,(H,24,28)(H,25,27). The molecule has 168 valence electrons. The third-order valence-corrected chi connectivity index (χ3v) is 5.24. The number of carbonyl (C=O) groups excluding carboxylic acids is 3. The van der Waals surface area contributed by atoms with Gasteiger partial charge < -0.3 is 29.7 Å². The highest BCUT2D eigenvalue weighted by molar-refractivity contribution is 5.98. The second kappa shape index (κ2) is 9.59. The first kappa shape index (κ1) is 21.5. The average Bonchev–Trinajstić information content (AvgIpc) is 3.50. The van der Waals surface area contributed by atoms with Crippen LogP contribution in [0, 0.1) is 5.92 Å². The average molecular weight is 439 g/mol. The molecule has 9 heteroatoms. The molecular weight excluding hydrogens is 414 g/mol. The molecule has 1 aliphatic carbocycles. The predicted octanol–water partition coefficient (Wildman–Crippen LogP) is 2.03. The van der Waals surface area contributed by atoms with Crippen LogP contribution in [0.3, 0.4) is 0 Å². The molecule has 1 saturated carbocycles. The lowest BCUT2D eigenvalue weighted by Gasteiger charge is -2.22. The van der Waals surface area contributed by atoms with E-state index in [1.165, 1.54) is 4.90 Å². The summed E-state index contributed by atoms with van der Waals surface area (Å²) >= 11 is 0. The zero-order valence-corrected chi connectivity index (χ0v) is 17.8. The normalized spacial score (nSPS) is 13.9. The molecule has 1 heterocycles. The third-order valence-electron chi connectivity index (χ3n) is 5.24. The minimum Gasteiger partial charge on any atom is -0.497 e. The molecule has 0 atom stereocenters. The maximum Gasteiger partial charge on any atom is 0.254 e. The van der Waals surface area contributed by atoms with Crippen LogP contribution in [0.2, 0.25) is 0 Å². The quantitative estimate of drug-likeness (QED) is 0.619. The Morgan fingerprint density at radius 3 is 2.50 bits per heavy atom. The highest BCUT2D eigenvalue weighted by Crippen LogP contribution is 2.34. The van der Waals surface area contributed by atoms with Crippen molar-refractivity contribution in [3.8, 4) is 17.2 Å². The number of amides is 3. The van der Waals surface area contributed by atoms with Crippen LogP contribution in [0.5, 0.6) is 17.2 Å². The summed E-state index contributed by atoms with van der Waals surface area (Å²) in [5.74, 6) is 1.17. The Hall–Kier alpha value is -3.75. The van der Waals surface area contributed by atoms with Gasteiger partial charge in [0.1, 0.15) is 5.75 Å². The number of fused-ring (bicyclic) bond motifs is 1. The Morgan fingerprint density at radius 2 is 1.78 bits per heavy atom. The molecule has 9 nitrogen and oxygen atoms in total. The highest BCUT2D eigenvalue weighted by atomic mass is 16.7. The Balaban J connectivity index is 1.31. The van der Waals surface area contributed by atoms with Crippen molar-refractivity contribution in [2.75, 3.05) is 38.9 Å². The van der Waals surface area contributed by atoms with Crippen molar-refractivity contribution < 1.29 is 28.6 Å². The fourth-order valence-corrected chi connectivity index (χ4v) is 3.33. The van der Waals surface area contributed by atoms with Crippen molar-refractivity contribution in [3.63, 3.8) is 0 Å². The number of hydrogen-bond donors (Lipinski definition) is 2. The monoisotopic (exact) mass is 439 g/mol. The lowest BCUT2D eigenvalue weighted by Crippen LogP contribution is -2.43. The van der Waals surface area contributed by atoms with Crippen molar-refractivity contribution in [3.05, 3.63) is 48.0 Å². The Morgan fingerprint density at radius 1 is 1.03 bits per heavy atom. The van der Waals surface area contributed by atoms with Crippen LogP contribution in [-0.2, 0) is 9.59 Å². The van der Waals surface area contributed by atoms with Gasteiger partial charge in [0.25, 0.3) is 5.91 Å². The van der Waals surface area contributed by atoms with Gasteiger partial charge in [0, 0.05) is 17.8 Å². The van der Waals surface area contributed by atoms with E-state index in [4.69, 9.17) is 14.2 Å². The van der Waals surface area contributed by atoms with Crippen LogP contribution in [0.15, 0.2) is 42.5 Å². The molecule has 2 aromatic rings. The zero-order chi connectivity index (χ0) is 22.5. The summed E-state index contributed by atoms with van der Waals surface area (Å²) in [6.07, 6.45) is 2.08.